The van der Waals surface area contributed by atoms with E-state index in [1.165, 1.54) is 19.9 Å². The Morgan fingerprint density at radius 1 is 1.07 bits per heavy atom. The van der Waals surface area contributed by atoms with Gasteiger partial charge in [0.2, 0.25) is 10.0 Å². The van der Waals surface area contributed by atoms with Crippen molar-refractivity contribution in [3.8, 4) is 5.75 Å². The number of hydrogen-bond donors (Lipinski definition) is 3. The standard InChI is InChI=1S/C21H28N4O3S.HI/c1-22-21(24-13-16-9-11-19(12-10-16)29(26,27)23-2)25-14-18-5-3-4-6-20(18)28-15-17-7-8-17;/h3-6,9-12,17,23H,7-8,13-15H2,1-2H3,(H2,22,24,25);1H. The van der Waals surface area contributed by atoms with Crippen LogP contribution in [0.4, 0.5) is 0 Å². The molecule has 0 heterocycles. The van der Waals surface area contributed by atoms with Crippen molar-refractivity contribution in [2.24, 2.45) is 10.9 Å². The minimum atomic E-state index is -3.42. The fraction of sp³-hybridized carbons (Fsp3) is 0.381. The molecule has 0 aromatic heterocycles. The number of para-hydroxylation sites is 1. The molecule has 2 aromatic rings. The zero-order valence-electron chi connectivity index (χ0n) is 17.2. The average Bonchev–Trinajstić information content (AvgIpc) is 3.58. The number of nitrogens with zero attached hydrogens (tertiary/aromatic N) is 1. The molecule has 30 heavy (non-hydrogen) atoms. The lowest BCUT2D eigenvalue weighted by Gasteiger charge is -2.15. The van der Waals surface area contributed by atoms with Gasteiger partial charge in [0, 0.05) is 25.7 Å². The Bertz CT molecular complexity index is 945. The SMILES string of the molecule is CN=C(NCc1ccc(S(=O)(=O)NC)cc1)NCc1ccccc1OCC1CC1.I. The van der Waals surface area contributed by atoms with Crippen LogP contribution in [0.15, 0.2) is 58.4 Å². The number of hydrogen-bond acceptors (Lipinski definition) is 4. The van der Waals surface area contributed by atoms with E-state index in [0.29, 0.717) is 25.0 Å². The first-order chi connectivity index (χ1) is 14.0. The van der Waals surface area contributed by atoms with Gasteiger partial charge in [0.1, 0.15) is 5.75 Å². The van der Waals surface area contributed by atoms with Gasteiger partial charge in [-0.15, -0.1) is 24.0 Å². The second kappa shape index (κ2) is 11.5. The molecule has 1 aliphatic rings. The lowest BCUT2D eigenvalue weighted by atomic mass is 10.2. The van der Waals surface area contributed by atoms with Crippen LogP contribution in [-0.4, -0.2) is 35.1 Å². The highest BCUT2D eigenvalue weighted by molar-refractivity contribution is 14.0. The maximum absolute atomic E-state index is 11.8. The van der Waals surface area contributed by atoms with E-state index in [0.717, 1.165) is 23.5 Å². The fourth-order valence-electron chi connectivity index (χ4n) is 2.77. The van der Waals surface area contributed by atoms with Gasteiger partial charge >= 0.3 is 0 Å². The first-order valence-corrected chi connectivity index (χ1v) is 11.2. The number of rotatable bonds is 9. The lowest BCUT2D eigenvalue weighted by molar-refractivity contribution is 0.296. The van der Waals surface area contributed by atoms with Gasteiger partial charge in [0.05, 0.1) is 11.5 Å². The Labute approximate surface area is 195 Å². The molecule has 164 valence electrons. The van der Waals surface area contributed by atoms with Gasteiger partial charge in [-0.05, 0) is 49.6 Å². The molecule has 0 unspecified atom stereocenters. The number of ether oxygens (including phenoxy) is 1. The second-order valence-electron chi connectivity index (χ2n) is 6.99. The molecular formula is C21H29IN4O3S. The highest BCUT2D eigenvalue weighted by Crippen LogP contribution is 2.30. The Balaban J connectivity index is 0.00000320. The van der Waals surface area contributed by atoms with Crippen LogP contribution in [0.25, 0.3) is 0 Å². The van der Waals surface area contributed by atoms with Crippen LogP contribution >= 0.6 is 24.0 Å². The van der Waals surface area contributed by atoms with Gasteiger partial charge in [-0.3, -0.25) is 4.99 Å². The van der Waals surface area contributed by atoms with E-state index >= 15 is 0 Å². The van der Waals surface area contributed by atoms with E-state index in [1.54, 1.807) is 31.3 Å². The Kier molecular flexibility index (Phi) is 9.37. The summed E-state index contributed by atoms with van der Waals surface area (Å²) < 4.78 is 31.8. The molecular weight excluding hydrogens is 515 g/mol. The van der Waals surface area contributed by atoms with E-state index in [4.69, 9.17) is 4.74 Å². The molecule has 0 aliphatic heterocycles. The number of sulfonamides is 1. The number of benzene rings is 2. The van der Waals surface area contributed by atoms with Crippen LogP contribution in [0.2, 0.25) is 0 Å². The highest BCUT2D eigenvalue weighted by Gasteiger charge is 2.22. The predicted molar refractivity (Wildman–Crippen MR) is 130 cm³/mol. The average molecular weight is 544 g/mol. The van der Waals surface area contributed by atoms with Gasteiger partial charge in [-0.2, -0.15) is 0 Å². The molecule has 1 saturated carbocycles. The fourth-order valence-corrected chi connectivity index (χ4v) is 3.50. The summed E-state index contributed by atoms with van der Waals surface area (Å²) in [6.07, 6.45) is 2.53. The van der Waals surface area contributed by atoms with E-state index < -0.39 is 10.0 Å². The van der Waals surface area contributed by atoms with Crippen molar-refractivity contribution in [1.29, 1.82) is 0 Å². The second-order valence-corrected chi connectivity index (χ2v) is 8.88. The van der Waals surface area contributed by atoms with Crippen LogP contribution < -0.4 is 20.1 Å². The minimum absolute atomic E-state index is 0. The molecule has 3 rings (SSSR count). The van der Waals surface area contributed by atoms with Crippen molar-refractivity contribution in [3.63, 3.8) is 0 Å². The van der Waals surface area contributed by atoms with Gasteiger partial charge < -0.3 is 15.4 Å². The summed E-state index contributed by atoms with van der Waals surface area (Å²) in [5.74, 6) is 2.28. The summed E-state index contributed by atoms with van der Waals surface area (Å²) in [6, 6.07) is 14.8. The van der Waals surface area contributed by atoms with Gasteiger partial charge in [0.15, 0.2) is 5.96 Å². The maximum atomic E-state index is 11.8. The first kappa shape index (κ1) is 24.4. The van der Waals surface area contributed by atoms with Gasteiger partial charge in [0.25, 0.3) is 0 Å². The summed E-state index contributed by atoms with van der Waals surface area (Å²) in [5.41, 5.74) is 2.04. The normalized spacial score (nSPS) is 14.0. The van der Waals surface area contributed by atoms with E-state index in [2.05, 4.69) is 20.3 Å². The third kappa shape index (κ3) is 7.13. The summed E-state index contributed by atoms with van der Waals surface area (Å²) >= 11 is 0. The third-order valence-electron chi connectivity index (χ3n) is 4.78. The van der Waals surface area contributed by atoms with Crippen LogP contribution in [0, 0.1) is 5.92 Å². The van der Waals surface area contributed by atoms with Crippen molar-refractivity contribution in [2.45, 2.75) is 30.8 Å². The Hall–Kier alpha value is -1.85. The summed E-state index contributed by atoms with van der Waals surface area (Å²) in [7, 11) is -0.305. The van der Waals surface area contributed by atoms with Crippen LogP contribution in [-0.2, 0) is 23.1 Å². The molecule has 3 N–H and O–H groups in total. The van der Waals surface area contributed by atoms with Crippen LogP contribution in [0.3, 0.4) is 0 Å². The van der Waals surface area contributed by atoms with Crippen molar-refractivity contribution in [2.75, 3.05) is 20.7 Å². The van der Waals surface area contributed by atoms with Gasteiger partial charge in [-0.25, -0.2) is 13.1 Å². The number of aliphatic imine (C=N–C) groups is 1. The molecule has 0 saturated heterocycles. The summed E-state index contributed by atoms with van der Waals surface area (Å²) in [5, 5.41) is 6.54. The molecule has 0 bridgehead atoms. The Morgan fingerprint density at radius 3 is 2.37 bits per heavy atom. The van der Waals surface area contributed by atoms with E-state index in [9.17, 15) is 8.42 Å². The lowest BCUT2D eigenvalue weighted by Crippen LogP contribution is -2.36. The number of halogens is 1. The molecule has 7 nitrogen and oxygen atoms in total. The van der Waals surface area contributed by atoms with Crippen LogP contribution in [0.5, 0.6) is 5.75 Å². The van der Waals surface area contributed by atoms with E-state index in [1.807, 2.05) is 24.3 Å². The molecule has 0 spiro atoms. The maximum Gasteiger partial charge on any atom is 0.240 e. The van der Waals surface area contributed by atoms with Crippen molar-refractivity contribution < 1.29 is 13.2 Å². The summed E-state index contributed by atoms with van der Waals surface area (Å²) in [4.78, 5) is 4.49. The third-order valence-corrected chi connectivity index (χ3v) is 6.21. The van der Waals surface area contributed by atoms with Crippen LogP contribution in [0.1, 0.15) is 24.0 Å². The molecule has 1 fully saturated rings. The zero-order valence-corrected chi connectivity index (χ0v) is 20.4. The molecule has 9 heteroatoms. The number of guanidine groups is 1. The monoisotopic (exact) mass is 544 g/mol. The topological polar surface area (TPSA) is 91.8 Å². The Morgan fingerprint density at radius 2 is 1.73 bits per heavy atom. The van der Waals surface area contributed by atoms with Crippen molar-refractivity contribution in [3.05, 3.63) is 59.7 Å². The molecule has 0 radical (unpaired) electrons. The van der Waals surface area contributed by atoms with Crippen molar-refractivity contribution in [1.82, 2.24) is 15.4 Å². The quantitative estimate of drug-likeness (QED) is 0.257. The molecule has 2 aromatic carbocycles. The molecule has 0 amide bonds. The number of nitrogens with one attached hydrogen (secondary N) is 3. The highest BCUT2D eigenvalue weighted by atomic mass is 127. The molecule has 0 atom stereocenters. The van der Waals surface area contributed by atoms with Gasteiger partial charge in [-0.1, -0.05) is 30.3 Å². The zero-order chi connectivity index (χ0) is 20.7. The first-order valence-electron chi connectivity index (χ1n) is 9.69. The van der Waals surface area contributed by atoms with E-state index in [-0.39, 0.29) is 28.9 Å². The smallest absolute Gasteiger partial charge is 0.240 e. The largest absolute Gasteiger partial charge is 0.493 e. The minimum Gasteiger partial charge on any atom is -0.493 e. The molecule has 1 aliphatic carbocycles. The predicted octanol–water partition coefficient (Wildman–Crippen LogP) is 2.87. The van der Waals surface area contributed by atoms with Crippen molar-refractivity contribution >= 4 is 40.0 Å². The summed E-state index contributed by atoms with van der Waals surface area (Å²) in [6.45, 7) is 1.91.